The van der Waals surface area contributed by atoms with Crippen molar-refractivity contribution in [3.63, 3.8) is 0 Å². The van der Waals surface area contributed by atoms with Gasteiger partial charge in [-0.05, 0) is 38.1 Å². The van der Waals surface area contributed by atoms with Gasteiger partial charge in [-0.3, -0.25) is 4.79 Å². The number of methoxy groups -OCH3 is 1. The number of hydroxylamine groups is 1. The summed E-state index contributed by atoms with van der Waals surface area (Å²) in [6, 6.07) is 7.82. The van der Waals surface area contributed by atoms with Crippen LogP contribution in [0, 0.1) is 0 Å². The Hall–Kier alpha value is -4.52. The van der Waals surface area contributed by atoms with Gasteiger partial charge in [-0.15, -0.1) is 0 Å². The van der Waals surface area contributed by atoms with Crippen molar-refractivity contribution in [2.24, 2.45) is 0 Å². The second-order valence-electron chi connectivity index (χ2n) is 9.28. The normalized spacial score (nSPS) is 13.5. The molecule has 1 amide bonds. The Bertz CT molecular complexity index is 1420. The van der Waals surface area contributed by atoms with E-state index >= 15 is 0 Å². The Labute approximate surface area is 225 Å². The molecule has 1 fully saturated rings. The minimum atomic E-state index is 0.0840. The van der Waals surface area contributed by atoms with Gasteiger partial charge in [0.2, 0.25) is 12.4 Å². The summed E-state index contributed by atoms with van der Waals surface area (Å²) >= 11 is 0. The summed E-state index contributed by atoms with van der Waals surface area (Å²) in [5.74, 6) is 3.80. The predicted molar refractivity (Wildman–Crippen MR) is 145 cm³/mol. The van der Waals surface area contributed by atoms with Gasteiger partial charge in [-0.1, -0.05) is 0 Å². The average Bonchev–Trinajstić information content (AvgIpc) is 3.34. The van der Waals surface area contributed by atoms with Crippen molar-refractivity contribution in [1.29, 1.82) is 0 Å². The van der Waals surface area contributed by atoms with Crippen LogP contribution in [0.15, 0.2) is 36.7 Å². The molecule has 0 unspecified atom stereocenters. The van der Waals surface area contributed by atoms with E-state index in [4.69, 9.17) is 29.3 Å². The van der Waals surface area contributed by atoms with Crippen LogP contribution in [-0.2, 0) is 16.1 Å². The maximum absolute atomic E-state index is 10.5. The maximum Gasteiger partial charge on any atom is 0.239 e. The summed E-state index contributed by atoms with van der Waals surface area (Å²) in [5, 5.41) is 0. The molecule has 1 aromatic carbocycles. The number of imidazole rings is 1. The van der Waals surface area contributed by atoms with Crippen molar-refractivity contribution < 1.29 is 19.1 Å². The molecule has 3 aromatic heterocycles. The summed E-state index contributed by atoms with van der Waals surface area (Å²) in [7, 11) is 3.53. The van der Waals surface area contributed by atoms with Crippen LogP contribution in [0.2, 0.25) is 0 Å². The molecule has 0 atom stereocenters. The monoisotopic (exact) mass is 533 g/mol. The molecule has 4 aromatic rings. The fourth-order valence-electron chi connectivity index (χ4n) is 4.46. The van der Waals surface area contributed by atoms with Gasteiger partial charge in [0.05, 0.1) is 39.3 Å². The Morgan fingerprint density at radius 3 is 2.44 bits per heavy atom. The Morgan fingerprint density at radius 2 is 1.79 bits per heavy atom. The highest BCUT2D eigenvalue weighted by molar-refractivity contribution is 5.86. The summed E-state index contributed by atoms with van der Waals surface area (Å²) in [6.07, 6.45) is 3.42. The Kier molecular flexibility index (Phi) is 7.68. The van der Waals surface area contributed by atoms with E-state index in [1.807, 2.05) is 36.2 Å². The number of aromatic nitrogens is 6. The second kappa shape index (κ2) is 11.5. The topological polar surface area (TPSA) is 133 Å². The number of nitrogens with one attached hydrogen (secondary N) is 1. The zero-order chi connectivity index (χ0) is 27.4. The summed E-state index contributed by atoms with van der Waals surface area (Å²) in [5.41, 5.74) is 4.52. The second-order valence-corrected chi connectivity index (χ2v) is 9.28. The number of ether oxygens (including phenoxy) is 2. The molecule has 1 aliphatic rings. The highest BCUT2D eigenvalue weighted by Gasteiger charge is 2.25. The quantitative estimate of drug-likeness (QED) is 0.238. The number of carbonyl (C=O) groups excluding carboxylic acids is 1. The third-order valence-electron chi connectivity index (χ3n) is 6.33. The van der Waals surface area contributed by atoms with E-state index in [-0.39, 0.29) is 6.04 Å². The molecule has 0 saturated carbocycles. The van der Waals surface area contributed by atoms with Gasteiger partial charge in [0.1, 0.15) is 11.6 Å². The molecule has 0 radical (unpaired) electrons. The van der Waals surface area contributed by atoms with E-state index in [1.54, 1.807) is 7.11 Å². The molecular formula is C26H31N9O4. The number of hydrogen-bond acceptors (Lipinski definition) is 11. The molecule has 0 bridgehead atoms. The molecule has 39 heavy (non-hydrogen) atoms. The van der Waals surface area contributed by atoms with Gasteiger partial charge in [-0.25, -0.2) is 24.9 Å². The van der Waals surface area contributed by atoms with E-state index in [0.717, 1.165) is 47.2 Å². The number of nitrogens with zero attached hydrogens (tertiary/aromatic N) is 8. The van der Waals surface area contributed by atoms with Gasteiger partial charge < -0.3 is 28.7 Å². The lowest BCUT2D eigenvalue weighted by atomic mass is 10.2. The van der Waals surface area contributed by atoms with Gasteiger partial charge in [0, 0.05) is 31.7 Å². The first-order valence-electron chi connectivity index (χ1n) is 12.6. The minimum Gasteiger partial charge on any atom is -0.497 e. The average molecular weight is 534 g/mol. The molecule has 1 saturated heterocycles. The van der Waals surface area contributed by atoms with Crippen LogP contribution in [0.25, 0.3) is 22.6 Å². The molecule has 5 rings (SSSR count). The van der Waals surface area contributed by atoms with Crippen LogP contribution in [0.5, 0.6) is 11.5 Å². The van der Waals surface area contributed by atoms with Crippen LogP contribution in [0.4, 0.5) is 11.8 Å². The molecule has 13 heteroatoms. The molecule has 1 aliphatic heterocycles. The highest BCUT2D eigenvalue weighted by Crippen LogP contribution is 2.31. The van der Waals surface area contributed by atoms with E-state index < -0.39 is 0 Å². The third-order valence-corrected chi connectivity index (χ3v) is 6.33. The van der Waals surface area contributed by atoms with Crippen LogP contribution in [0.3, 0.4) is 0 Å². The first kappa shape index (κ1) is 26.1. The van der Waals surface area contributed by atoms with E-state index in [0.29, 0.717) is 43.7 Å². The van der Waals surface area contributed by atoms with E-state index in [2.05, 4.69) is 38.8 Å². The van der Waals surface area contributed by atoms with Crippen molar-refractivity contribution in [1.82, 2.24) is 35.0 Å². The molecule has 0 spiro atoms. The van der Waals surface area contributed by atoms with Crippen molar-refractivity contribution in [2.75, 3.05) is 50.3 Å². The zero-order valence-corrected chi connectivity index (χ0v) is 22.4. The number of morpholine rings is 1. The summed E-state index contributed by atoms with van der Waals surface area (Å²) < 4.78 is 13.1. The van der Waals surface area contributed by atoms with Crippen molar-refractivity contribution in [3.8, 4) is 22.9 Å². The SMILES string of the molecule is COc1ccc(-c2nc(N3CCOCC3)c3nc(CN(C)c4ncc(ONC=O)cn4)n(C(C)C)c3n2)cc1. The Balaban J connectivity index is 1.56. The van der Waals surface area contributed by atoms with E-state index in [9.17, 15) is 4.79 Å². The van der Waals surface area contributed by atoms with Crippen molar-refractivity contribution >= 4 is 29.3 Å². The number of rotatable bonds is 10. The molecule has 4 heterocycles. The van der Waals surface area contributed by atoms with Crippen LogP contribution in [0.1, 0.15) is 25.7 Å². The molecule has 13 nitrogen and oxygen atoms in total. The van der Waals surface area contributed by atoms with Gasteiger partial charge in [0.25, 0.3) is 0 Å². The smallest absolute Gasteiger partial charge is 0.239 e. The highest BCUT2D eigenvalue weighted by atomic mass is 16.7. The van der Waals surface area contributed by atoms with Crippen LogP contribution < -0.4 is 24.9 Å². The standard InChI is InChI=1S/C26H31N9O4/c1-17(2)35-21(15-33(3)26-27-13-20(14-28-26)39-29-16-36)30-22-24(34-9-11-38-12-10-34)31-23(32-25(22)35)18-5-7-19(37-4)8-6-18/h5-8,13-14,16-17H,9-12,15H2,1-4H3,(H,29,36). The Morgan fingerprint density at radius 1 is 1.08 bits per heavy atom. The molecule has 1 N–H and O–H groups in total. The molecular weight excluding hydrogens is 502 g/mol. The summed E-state index contributed by atoms with van der Waals surface area (Å²) in [4.78, 5) is 43.3. The lowest BCUT2D eigenvalue weighted by Crippen LogP contribution is -2.37. The van der Waals surface area contributed by atoms with Crippen LogP contribution in [-0.4, -0.2) is 76.4 Å². The first-order chi connectivity index (χ1) is 19.0. The van der Waals surface area contributed by atoms with E-state index in [1.165, 1.54) is 12.4 Å². The number of hydrogen-bond donors (Lipinski definition) is 1. The van der Waals surface area contributed by atoms with Crippen molar-refractivity contribution in [3.05, 3.63) is 42.5 Å². The first-order valence-corrected chi connectivity index (χ1v) is 12.6. The maximum atomic E-state index is 10.5. The van der Waals surface area contributed by atoms with Gasteiger partial charge in [-0.2, -0.15) is 5.48 Å². The van der Waals surface area contributed by atoms with Crippen molar-refractivity contribution in [2.45, 2.75) is 26.4 Å². The number of anilines is 2. The fourth-order valence-corrected chi connectivity index (χ4v) is 4.46. The van der Waals surface area contributed by atoms with Gasteiger partial charge >= 0.3 is 0 Å². The third kappa shape index (κ3) is 5.53. The number of carbonyl (C=O) groups is 1. The largest absolute Gasteiger partial charge is 0.497 e. The number of amides is 1. The number of fused-ring (bicyclic) bond motifs is 1. The predicted octanol–water partition coefficient (Wildman–Crippen LogP) is 2.39. The lowest BCUT2D eigenvalue weighted by Gasteiger charge is -2.28. The van der Waals surface area contributed by atoms with Crippen LogP contribution >= 0.6 is 0 Å². The minimum absolute atomic E-state index is 0.0840. The van der Waals surface area contributed by atoms with Gasteiger partial charge in [0.15, 0.2) is 28.6 Å². The molecule has 0 aliphatic carbocycles. The molecule has 204 valence electrons. The fraction of sp³-hybridized carbons (Fsp3) is 0.385. The number of benzene rings is 1. The summed E-state index contributed by atoms with van der Waals surface area (Å²) in [6.45, 7) is 7.35. The zero-order valence-electron chi connectivity index (χ0n) is 22.4. The lowest BCUT2D eigenvalue weighted by molar-refractivity contribution is -0.115.